The predicted octanol–water partition coefficient (Wildman–Crippen LogP) is 9.20. The number of rotatable bonds is 13. The van der Waals surface area contributed by atoms with Gasteiger partial charge in [0.05, 0.1) is 6.42 Å². The van der Waals surface area contributed by atoms with Gasteiger partial charge in [0.25, 0.3) is 0 Å². The molecular formula is C39H50O4. The average molecular weight is 583 g/mol. The Balaban J connectivity index is 0.00000162. The Bertz CT molecular complexity index is 1360. The molecule has 4 nitrogen and oxygen atoms in total. The first kappa shape index (κ1) is 34.1. The van der Waals surface area contributed by atoms with Crippen LogP contribution in [0.15, 0.2) is 60.2 Å². The highest BCUT2D eigenvalue weighted by atomic mass is 16.1. The third-order valence-corrected chi connectivity index (χ3v) is 8.67. The Kier molecular flexibility index (Phi) is 13.0. The molecule has 0 spiro atoms. The Morgan fingerprint density at radius 3 is 2.23 bits per heavy atom. The highest BCUT2D eigenvalue weighted by molar-refractivity contribution is 6.02. The summed E-state index contributed by atoms with van der Waals surface area (Å²) in [7, 11) is 0. The summed E-state index contributed by atoms with van der Waals surface area (Å²) < 4.78 is 0. The largest absolute Gasteiger partial charge is 0.300 e. The lowest BCUT2D eigenvalue weighted by atomic mass is 9.71. The summed E-state index contributed by atoms with van der Waals surface area (Å²) in [6.45, 7) is 11.9. The number of aryl methyl sites for hydroxylation is 1. The number of allylic oxidation sites excluding steroid dienone is 4. The number of benzene rings is 2. The molecule has 0 saturated heterocycles. The molecule has 0 aromatic heterocycles. The minimum atomic E-state index is -0.136. The molecule has 0 bridgehead atoms. The van der Waals surface area contributed by atoms with Crippen LogP contribution in [0, 0.1) is 24.7 Å². The molecular weight excluding hydrogens is 532 g/mol. The average Bonchev–Trinajstić information content (AvgIpc) is 3.50. The van der Waals surface area contributed by atoms with Gasteiger partial charge in [-0.1, -0.05) is 102 Å². The van der Waals surface area contributed by atoms with Crippen molar-refractivity contribution in [3.8, 4) is 11.1 Å². The standard InChI is InChI=1S/C36H42O4.C3H8/c1-5-9-29(30(6-2)34(39)18-24(4)37)19-26-20-32-31(17-12-23(3)36(32)35(40)22-26)27-15-13-25(14-16-27)21-33(38)28-10-7-8-11-28;1-3-2/h7-8,10,12-17,26,29-30H,5-6,9,11,18-22H2,1-4H3;3H2,1-2H3. The van der Waals surface area contributed by atoms with Crippen molar-refractivity contribution >= 4 is 23.1 Å². The Morgan fingerprint density at radius 1 is 0.953 bits per heavy atom. The maximum atomic E-state index is 13.5. The summed E-state index contributed by atoms with van der Waals surface area (Å²) in [5.41, 5.74) is 6.93. The van der Waals surface area contributed by atoms with Crippen molar-refractivity contribution in [2.75, 3.05) is 0 Å². The number of fused-ring (bicyclic) bond motifs is 1. The third-order valence-electron chi connectivity index (χ3n) is 8.67. The van der Waals surface area contributed by atoms with E-state index in [4.69, 9.17) is 0 Å². The van der Waals surface area contributed by atoms with Gasteiger partial charge in [-0.15, -0.1) is 0 Å². The lowest BCUT2D eigenvalue weighted by Crippen LogP contribution is -2.30. The lowest BCUT2D eigenvalue weighted by molar-refractivity contribution is -0.130. The zero-order valence-corrected chi connectivity index (χ0v) is 27.1. The maximum absolute atomic E-state index is 13.5. The summed E-state index contributed by atoms with van der Waals surface area (Å²) in [5.74, 6) is 0.522. The van der Waals surface area contributed by atoms with Crippen LogP contribution in [0.5, 0.6) is 0 Å². The molecule has 4 rings (SSSR count). The van der Waals surface area contributed by atoms with E-state index in [-0.39, 0.29) is 47.3 Å². The molecule has 2 aromatic rings. The summed E-state index contributed by atoms with van der Waals surface area (Å²) >= 11 is 0. The summed E-state index contributed by atoms with van der Waals surface area (Å²) in [4.78, 5) is 50.7. The van der Waals surface area contributed by atoms with Crippen LogP contribution in [0.2, 0.25) is 0 Å². The van der Waals surface area contributed by atoms with Gasteiger partial charge in [-0.05, 0) is 84.8 Å². The maximum Gasteiger partial charge on any atom is 0.163 e. The molecule has 3 unspecified atom stereocenters. The minimum Gasteiger partial charge on any atom is -0.300 e. The highest BCUT2D eigenvalue weighted by Gasteiger charge is 2.34. The van der Waals surface area contributed by atoms with Crippen LogP contribution in [0.4, 0.5) is 0 Å². The monoisotopic (exact) mass is 582 g/mol. The third kappa shape index (κ3) is 9.05. The number of carbonyl (C=O) groups is 4. The lowest BCUT2D eigenvalue weighted by Gasteiger charge is -2.32. The van der Waals surface area contributed by atoms with Gasteiger partial charge in [-0.2, -0.15) is 0 Å². The van der Waals surface area contributed by atoms with Crippen LogP contribution in [0.25, 0.3) is 11.1 Å². The first-order chi connectivity index (χ1) is 20.6. The van der Waals surface area contributed by atoms with Crippen LogP contribution in [0.1, 0.15) is 113 Å². The zero-order valence-electron chi connectivity index (χ0n) is 27.1. The van der Waals surface area contributed by atoms with Crippen molar-refractivity contribution in [1.29, 1.82) is 0 Å². The van der Waals surface area contributed by atoms with E-state index < -0.39 is 0 Å². The molecule has 0 N–H and O–H groups in total. The van der Waals surface area contributed by atoms with Crippen LogP contribution >= 0.6 is 0 Å². The normalized spacial score (nSPS) is 16.9. The molecule has 0 heterocycles. The van der Waals surface area contributed by atoms with Crippen LogP contribution in [-0.4, -0.2) is 23.1 Å². The van der Waals surface area contributed by atoms with Gasteiger partial charge < -0.3 is 0 Å². The molecule has 230 valence electrons. The zero-order chi connectivity index (χ0) is 31.5. The van der Waals surface area contributed by atoms with Crippen LogP contribution < -0.4 is 0 Å². The van der Waals surface area contributed by atoms with Crippen molar-refractivity contribution in [1.82, 2.24) is 0 Å². The molecule has 43 heavy (non-hydrogen) atoms. The van der Waals surface area contributed by atoms with Gasteiger partial charge in [0, 0.05) is 24.3 Å². The summed E-state index contributed by atoms with van der Waals surface area (Å²) in [5, 5.41) is 0. The predicted molar refractivity (Wildman–Crippen MR) is 176 cm³/mol. The van der Waals surface area contributed by atoms with E-state index in [9.17, 15) is 19.2 Å². The molecule has 0 amide bonds. The number of carbonyl (C=O) groups excluding carboxylic acids is 4. The molecule has 0 saturated carbocycles. The summed E-state index contributed by atoms with van der Waals surface area (Å²) in [6.07, 6.45) is 12.9. The fourth-order valence-corrected chi connectivity index (χ4v) is 6.77. The molecule has 3 atom stereocenters. The SMILES string of the molecule is CCC.CCCC(CC1CC(=O)c2c(C)ccc(-c3ccc(CC(=O)C4=CC=CC4)cc3)c2C1)C(CC)C(=O)CC(C)=O. The van der Waals surface area contributed by atoms with Crippen molar-refractivity contribution < 1.29 is 19.2 Å². The van der Waals surface area contributed by atoms with Crippen molar-refractivity contribution in [2.45, 2.75) is 106 Å². The van der Waals surface area contributed by atoms with Crippen molar-refractivity contribution in [2.24, 2.45) is 17.8 Å². The van der Waals surface area contributed by atoms with Crippen molar-refractivity contribution in [3.63, 3.8) is 0 Å². The first-order valence-electron chi connectivity index (χ1n) is 16.3. The second-order valence-corrected chi connectivity index (χ2v) is 12.5. The topological polar surface area (TPSA) is 68.3 Å². The number of hydrogen-bond acceptors (Lipinski definition) is 4. The van der Waals surface area contributed by atoms with Gasteiger partial charge in [0.2, 0.25) is 0 Å². The second-order valence-electron chi connectivity index (χ2n) is 12.5. The van der Waals surface area contributed by atoms with E-state index in [2.05, 4.69) is 39.0 Å². The minimum absolute atomic E-state index is 0.00454. The van der Waals surface area contributed by atoms with Gasteiger partial charge in [0.15, 0.2) is 11.6 Å². The number of hydrogen-bond donors (Lipinski definition) is 0. The van der Waals surface area contributed by atoms with E-state index >= 15 is 0 Å². The van der Waals surface area contributed by atoms with Crippen LogP contribution in [0.3, 0.4) is 0 Å². The van der Waals surface area contributed by atoms with E-state index in [1.165, 1.54) is 13.3 Å². The van der Waals surface area contributed by atoms with Gasteiger partial charge in [-0.3, -0.25) is 19.2 Å². The van der Waals surface area contributed by atoms with Crippen molar-refractivity contribution in [3.05, 3.63) is 82.5 Å². The van der Waals surface area contributed by atoms with Gasteiger partial charge in [-0.25, -0.2) is 0 Å². The smallest absolute Gasteiger partial charge is 0.163 e. The van der Waals surface area contributed by atoms with Gasteiger partial charge >= 0.3 is 0 Å². The van der Waals surface area contributed by atoms with E-state index in [0.29, 0.717) is 19.3 Å². The quantitative estimate of drug-likeness (QED) is 0.221. The number of Topliss-reactive ketones (excluding diaryl/α,β-unsaturated/α-hetero) is 4. The second kappa shape index (κ2) is 16.4. The molecule has 2 aromatic carbocycles. The Labute approximate surface area is 259 Å². The molecule has 0 fully saturated rings. The Morgan fingerprint density at radius 2 is 1.65 bits per heavy atom. The fourth-order valence-electron chi connectivity index (χ4n) is 6.77. The Hall–Kier alpha value is -3.40. The van der Waals surface area contributed by atoms with E-state index in [1.54, 1.807) is 0 Å². The van der Waals surface area contributed by atoms with Crippen LogP contribution in [-0.2, 0) is 27.2 Å². The molecule has 0 aliphatic heterocycles. The van der Waals surface area contributed by atoms with Gasteiger partial charge in [0.1, 0.15) is 11.6 Å². The molecule has 2 aliphatic rings. The molecule has 2 aliphatic carbocycles. The van der Waals surface area contributed by atoms with E-state index in [0.717, 1.165) is 71.1 Å². The first-order valence-corrected chi connectivity index (χ1v) is 16.3. The fraction of sp³-hybridized carbons (Fsp3) is 0.487. The highest BCUT2D eigenvalue weighted by Crippen LogP contribution is 2.40. The molecule has 4 heteroatoms. The summed E-state index contributed by atoms with van der Waals surface area (Å²) in [6, 6.07) is 12.3. The van der Waals surface area contributed by atoms with E-state index in [1.807, 2.05) is 50.3 Å². The molecule has 0 radical (unpaired) electrons. The number of ketones is 4.